The van der Waals surface area contributed by atoms with E-state index in [0.29, 0.717) is 24.6 Å². The number of guanidine groups is 1. The number of likely N-dealkylation sites (N-methyl/N-ethyl adjacent to an activating group) is 1. The van der Waals surface area contributed by atoms with Crippen molar-refractivity contribution < 1.29 is 0 Å². The quantitative estimate of drug-likeness (QED) is 0.642. The molecule has 1 aliphatic rings. The lowest BCUT2D eigenvalue weighted by Gasteiger charge is -2.22. The average molecular weight is 280 g/mol. The summed E-state index contributed by atoms with van der Waals surface area (Å²) in [6.45, 7) is 0.707. The van der Waals surface area contributed by atoms with Gasteiger partial charge in [0.15, 0.2) is 5.96 Å². The molecular formula is C14H24N4S. The molecule has 0 amide bonds. The van der Waals surface area contributed by atoms with E-state index in [9.17, 15) is 0 Å². The first-order valence-corrected chi connectivity index (χ1v) is 7.81. The van der Waals surface area contributed by atoms with E-state index in [0.717, 1.165) is 0 Å². The van der Waals surface area contributed by atoms with Crippen molar-refractivity contribution in [2.45, 2.75) is 37.8 Å². The minimum absolute atomic E-state index is 0.309. The molecule has 0 aliphatic heterocycles. The number of nitrogens with zero attached hydrogens (tertiary/aromatic N) is 2. The molecule has 0 bridgehead atoms. The zero-order chi connectivity index (χ0) is 13.7. The lowest BCUT2D eigenvalue weighted by atomic mass is 10.2. The highest BCUT2D eigenvalue weighted by Gasteiger charge is 2.17. The standard InChI is InChI=1S/C14H24N4S/c1-18(2)12(13-8-5-9-19-13)10-16-14(15)17-11-6-3-4-7-11/h5,8-9,11-12H,3-4,6-7,10H2,1-2H3,(H3,15,16,17). The second-order valence-corrected chi connectivity index (χ2v) is 6.33. The van der Waals surface area contributed by atoms with Crippen LogP contribution in [0.4, 0.5) is 0 Å². The van der Waals surface area contributed by atoms with Gasteiger partial charge >= 0.3 is 0 Å². The first kappa shape index (κ1) is 14.3. The van der Waals surface area contributed by atoms with E-state index >= 15 is 0 Å². The molecule has 1 atom stereocenters. The van der Waals surface area contributed by atoms with E-state index in [1.807, 2.05) is 0 Å². The molecule has 1 aromatic heterocycles. The summed E-state index contributed by atoms with van der Waals surface area (Å²) in [6.07, 6.45) is 5.05. The van der Waals surface area contributed by atoms with Crippen LogP contribution in [0.2, 0.25) is 0 Å². The van der Waals surface area contributed by atoms with Crippen LogP contribution in [0.5, 0.6) is 0 Å². The maximum atomic E-state index is 5.98. The zero-order valence-electron chi connectivity index (χ0n) is 11.8. The van der Waals surface area contributed by atoms with Crippen LogP contribution in [-0.2, 0) is 0 Å². The molecule has 0 radical (unpaired) electrons. The van der Waals surface area contributed by atoms with Gasteiger partial charge in [0.05, 0.1) is 12.6 Å². The Morgan fingerprint density at radius 1 is 1.53 bits per heavy atom. The fourth-order valence-corrected chi connectivity index (χ4v) is 3.41. The van der Waals surface area contributed by atoms with Gasteiger partial charge in [-0.05, 0) is 38.4 Å². The lowest BCUT2D eigenvalue weighted by Crippen LogP contribution is -2.39. The Balaban J connectivity index is 1.90. The van der Waals surface area contributed by atoms with Crippen molar-refractivity contribution in [1.29, 1.82) is 0 Å². The topological polar surface area (TPSA) is 53.6 Å². The average Bonchev–Trinajstić information content (AvgIpc) is 3.01. The molecule has 0 saturated heterocycles. The summed E-state index contributed by atoms with van der Waals surface area (Å²) >= 11 is 1.77. The monoisotopic (exact) mass is 280 g/mol. The van der Waals surface area contributed by atoms with Gasteiger partial charge in [-0.2, -0.15) is 0 Å². The summed E-state index contributed by atoms with van der Waals surface area (Å²) in [5.41, 5.74) is 5.98. The van der Waals surface area contributed by atoms with E-state index in [2.05, 4.69) is 46.8 Å². The summed E-state index contributed by atoms with van der Waals surface area (Å²) in [4.78, 5) is 8.04. The Kier molecular flexibility index (Phi) is 5.22. The Morgan fingerprint density at radius 2 is 2.26 bits per heavy atom. The Morgan fingerprint density at radius 3 is 2.84 bits per heavy atom. The largest absolute Gasteiger partial charge is 0.370 e. The molecule has 3 N–H and O–H groups in total. The minimum atomic E-state index is 0.309. The van der Waals surface area contributed by atoms with Gasteiger partial charge in [0.2, 0.25) is 0 Å². The number of rotatable bonds is 5. The molecule has 1 fully saturated rings. The molecule has 1 aliphatic carbocycles. The zero-order valence-corrected chi connectivity index (χ0v) is 12.6. The molecule has 19 heavy (non-hydrogen) atoms. The Hall–Kier alpha value is -1.07. The maximum Gasteiger partial charge on any atom is 0.188 e. The van der Waals surface area contributed by atoms with Crippen LogP contribution in [-0.4, -0.2) is 37.5 Å². The van der Waals surface area contributed by atoms with Crippen LogP contribution in [0.3, 0.4) is 0 Å². The number of nitrogens with one attached hydrogen (secondary N) is 1. The van der Waals surface area contributed by atoms with Crippen molar-refractivity contribution in [3.63, 3.8) is 0 Å². The van der Waals surface area contributed by atoms with Crippen molar-refractivity contribution in [2.75, 3.05) is 20.6 Å². The Labute approximate surface area is 119 Å². The van der Waals surface area contributed by atoms with Crippen LogP contribution in [0.1, 0.15) is 36.6 Å². The molecule has 106 valence electrons. The van der Waals surface area contributed by atoms with Gasteiger partial charge in [0.25, 0.3) is 0 Å². The third kappa shape index (κ3) is 4.21. The van der Waals surface area contributed by atoms with Crippen molar-refractivity contribution >= 4 is 17.3 Å². The van der Waals surface area contributed by atoms with Crippen LogP contribution in [0.15, 0.2) is 22.5 Å². The van der Waals surface area contributed by atoms with E-state index in [-0.39, 0.29) is 0 Å². The van der Waals surface area contributed by atoms with Crippen molar-refractivity contribution in [2.24, 2.45) is 10.7 Å². The molecule has 1 saturated carbocycles. The van der Waals surface area contributed by atoms with Crippen molar-refractivity contribution in [3.05, 3.63) is 22.4 Å². The summed E-state index contributed by atoms with van der Waals surface area (Å²) in [5.74, 6) is 0.593. The van der Waals surface area contributed by atoms with Gasteiger partial charge in [-0.3, -0.25) is 4.99 Å². The molecule has 1 heterocycles. The Bertz CT molecular complexity index is 394. The predicted octanol–water partition coefficient (Wildman–Crippen LogP) is 2.20. The van der Waals surface area contributed by atoms with Crippen molar-refractivity contribution in [3.8, 4) is 0 Å². The van der Waals surface area contributed by atoms with Gasteiger partial charge in [-0.15, -0.1) is 11.3 Å². The number of aliphatic imine (C=N–C) groups is 1. The fraction of sp³-hybridized carbons (Fsp3) is 0.643. The lowest BCUT2D eigenvalue weighted by molar-refractivity contribution is 0.310. The summed E-state index contributed by atoms with van der Waals surface area (Å²) < 4.78 is 0. The van der Waals surface area contributed by atoms with E-state index in [1.165, 1.54) is 30.6 Å². The summed E-state index contributed by atoms with van der Waals surface area (Å²) in [6, 6.07) is 5.08. The van der Waals surface area contributed by atoms with Crippen LogP contribution < -0.4 is 11.1 Å². The fourth-order valence-electron chi connectivity index (χ4n) is 2.50. The van der Waals surface area contributed by atoms with E-state index in [4.69, 9.17) is 5.73 Å². The number of hydrogen-bond acceptors (Lipinski definition) is 3. The maximum absolute atomic E-state index is 5.98. The number of nitrogens with two attached hydrogens (primary N) is 1. The second kappa shape index (κ2) is 6.91. The van der Waals surface area contributed by atoms with Gasteiger partial charge in [0.1, 0.15) is 0 Å². The second-order valence-electron chi connectivity index (χ2n) is 5.35. The normalized spacial score (nSPS) is 19.0. The van der Waals surface area contributed by atoms with Crippen LogP contribution >= 0.6 is 11.3 Å². The van der Waals surface area contributed by atoms with Crippen molar-refractivity contribution in [1.82, 2.24) is 10.2 Å². The SMILES string of the molecule is CN(C)C(CN=C(N)NC1CCCC1)c1cccs1. The molecule has 1 aromatic rings. The minimum Gasteiger partial charge on any atom is -0.370 e. The van der Waals surface area contributed by atoms with Crippen LogP contribution in [0.25, 0.3) is 0 Å². The van der Waals surface area contributed by atoms with Crippen LogP contribution in [0, 0.1) is 0 Å². The van der Waals surface area contributed by atoms with E-state index < -0.39 is 0 Å². The first-order chi connectivity index (χ1) is 9.16. The smallest absolute Gasteiger partial charge is 0.188 e. The molecular weight excluding hydrogens is 256 g/mol. The van der Waals surface area contributed by atoms with Gasteiger partial charge < -0.3 is 16.0 Å². The van der Waals surface area contributed by atoms with Gasteiger partial charge in [-0.1, -0.05) is 18.9 Å². The molecule has 0 aromatic carbocycles. The highest BCUT2D eigenvalue weighted by Crippen LogP contribution is 2.23. The highest BCUT2D eigenvalue weighted by molar-refractivity contribution is 7.10. The summed E-state index contributed by atoms with van der Waals surface area (Å²) in [7, 11) is 4.17. The van der Waals surface area contributed by atoms with E-state index in [1.54, 1.807) is 11.3 Å². The summed E-state index contributed by atoms with van der Waals surface area (Å²) in [5, 5.41) is 5.44. The third-order valence-corrected chi connectivity index (χ3v) is 4.61. The number of hydrogen-bond donors (Lipinski definition) is 2. The highest BCUT2D eigenvalue weighted by atomic mass is 32.1. The molecule has 1 unspecified atom stereocenters. The molecule has 0 spiro atoms. The van der Waals surface area contributed by atoms with Gasteiger partial charge in [0, 0.05) is 10.9 Å². The van der Waals surface area contributed by atoms with Gasteiger partial charge in [-0.25, -0.2) is 0 Å². The first-order valence-electron chi connectivity index (χ1n) is 6.93. The third-order valence-electron chi connectivity index (χ3n) is 3.64. The molecule has 5 heteroatoms. The molecule has 2 rings (SSSR count). The number of thiophene rings is 1. The molecule has 4 nitrogen and oxygen atoms in total. The predicted molar refractivity (Wildman–Crippen MR) is 82.6 cm³/mol.